The van der Waals surface area contributed by atoms with Gasteiger partial charge in [0.1, 0.15) is 18.2 Å². The van der Waals surface area contributed by atoms with Gasteiger partial charge in [-0.1, -0.05) is 50.0 Å². The first kappa shape index (κ1) is 37.5. The summed E-state index contributed by atoms with van der Waals surface area (Å²) in [6, 6.07) is 3.70. The zero-order valence-electron chi connectivity index (χ0n) is 30.2. The monoisotopic (exact) mass is 770 g/mol. The van der Waals surface area contributed by atoms with Crippen molar-refractivity contribution < 1.29 is 37.1 Å². The number of sulfonamides is 1. The normalized spacial score (nSPS) is 30.1. The van der Waals surface area contributed by atoms with Gasteiger partial charge in [-0.05, 0) is 67.6 Å². The molecule has 0 aromatic heterocycles. The number of hydrogen-bond donors (Lipinski definition) is 3. The molecule has 2 aliphatic carbocycles. The Morgan fingerprint density at radius 2 is 1.75 bits per heavy atom. The van der Waals surface area contributed by atoms with Crippen LogP contribution in [0.25, 0.3) is 0 Å². The molecular weight excluding hydrogens is 721 g/mol. The van der Waals surface area contributed by atoms with Gasteiger partial charge in [-0.15, -0.1) is 18.3 Å². The molecule has 53 heavy (non-hydrogen) atoms. The van der Waals surface area contributed by atoms with Crippen LogP contribution in [0.3, 0.4) is 0 Å². The van der Waals surface area contributed by atoms with E-state index in [1.165, 1.54) is 16.5 Å². The number of carbonyl (C=O) groups excluding carboxylic acids is 5. The molecule has 4 bridgehead atoms. The van der Waals surface area contributed by atoms with E-state index in [1.807, 2.05) is 12.1 Å². The number of rotatable bonds is 7. The van der Waals surface area contributed by atoms with Crippen molar-refractivity contribution in [3.63, 3.8) is 0 Å². The minimum atomic E-state index is -3.91. The first-order valence-electron chi connectivity index (χ1n) is 19.0. The molecule has 2 saturated carbocycles. The highest BCUT2D eigenvalue weighted by Crippen LogP contribution is 2.53. The molecule has 7 rings (SSSR count). The quantitative estimate of drug-likeness (QED) is 0.278. The van der Waals surface area contributed by atoms with E-state index in [1.54, 1.807) is 16.8 Å². The maximum absolute atomic E-state index is 14.6. The van der Waals surface area contributed by atoms with Crippen LogP contribution in [0, 0.1) is 5.92 Å². The molecule has 0 unspecified atom stereocenters. The van der Waals surface area contributed by atoms with Gasteiger partial charge >= 0.3 is 12.1 Å². The number of thioether (sulfide) groups is 1. The summed E-state index contributed by atoms with van der Waals surface area (Å²) in [5.74, 6) is -2.15. The summed E-state index contributed by atoms with van der Waals surface area (Å²) in [6.07, 6.45) is 8.87. The second-order valence-electron chi connectivity index (χ2n) is 15.4. The lowest BCUT2D eigenvalue weighted by Crippen LogP contribution is -2.59. The molecule has 1 aromatic carbocycles. The van der Waals surface area contributed by atoms with E-state index < -0.39 is 67.4 Å². The van der Waals surface area contributed by atoms with Gasteiger partial charge < -0.3 is 25.2 Å². The zero-order chi connectivity index (χ0) is 37.5. The third-order valence-corrected chi connectivity index (χ3v) is 14.9. The number of urea groups is 1. The summed E-state index contributed by atoms with van der Waals surface area (Å²) in [5, 5.41) is 4.51. The van der Waals surface area contributed by atoms with Gasteiger partial charge in [-0.3, -0.25) is 19.3 Å². The number of nitrogens with zero attached hydrogens (tertiary/aromatic N) is 3. The predicted octanol–water partition coefficient (Wildman–Crippen LogP) is 3.15. The molecule has 2 saturated heterocycles. The second kappa shape index (κ2) is 15.2. The zero-order valence-corrected chi connectivity index (χ0v) is 31.9. The second-order valence-corrected chi connectivity index (χ2v) is 18.7. The van der Waals surface area contributed by atoms with E-state index in [-0.39, 0.29) is 24.9 Å². The van der Waals surface area contributed by atoms with Crippen LogP contribution in [0.4, 0.5) is 9.59 Å². The molecule has 4 aliphatic heterocycles. The van der Waals surface area contributed by atoms with Gasteiger partial charge in [-0.25, -0.2) is 22.7 Å². The van der Waals surface area contributed by atoms with Crippen LogP contribution in [0.15, 0.2) is 30.9 Å². The molecule has 4 heterocycles. The van der Waals surface area contributed by atoms with Crippen LogP contribution in [0.2, 0.25) is 0 Å². The molecule has 4 fully saturated rings. The topological polar surface area (TPSA) is 175 Å². The summed E-state index contributed by atoms with van der Waals surface area (Å²) >= 11 is 1.05. The van der Waals surface area contributed by atoms with E-state index in [2.05, 4.69) is 28.0 Å². The molecule has 14 nitrogen and oxygen atoms in total. The lowest BCUT2D eigenvalue weighted by Gasteiger charge is -2.33. The number of hydrogen-bond acceptors (Lipinski definition) is 9. The van der Waals surface area contributed by atoms with Crippen molar-refractivity contribution in [2.24, 2.45) is 5.92 Å². The van der Waals surface area contributed by atoms with Crippen molar-refractivity contribution in [1.29, 1.82) is 0 Å². The first-order valence-corrected chi connectivity index (χ1v) is 21.4. The van der Waals surface area contributed by atoms with Crippen molar-refractivity contribution in [1.82, 2.24) is 30.1 Å². The van der Waals surface area contributed by atoms with Gasteiger partial charge in [0.25, 0.3) is 5.91 Å². The fourth-order valence-corrected chi connectivity index (χ4v) is 10.7. The van der Waals surface area contributed by atoms with Gasteiger partial charge in [0, 0.05) is 33.1 Å². The third kappa shape index (κ3) is 7.89. The highest BCUT2D eigenvalue weighted by Gasteiger charge is 2.63. The van der Waals surface area contributed by atoms with E-state index in [0.29, 0.717) is 32.5 Å². The minimum absolute atomic E-state index is 0.0396. The van der Waals surface area contributed by atoms with Crippen LogP contribution in [0.1, 0.15) is 87.3 Å². The Morgan fingerprint density at radius 1 is 1.02 bits per heavy atom. The number of ether oxygens (including phenoxy) is 1. The number of fused-ring (bicyclic) bond motifs is 3. The molecule has 0 spiro atoms. The Hall–Kier alpha value is -3.79. The molecule has 288 valence electrons. The number of nitrogens with one attached hydrogen (secondary N) is 3. The number of amides is 6. The Kier molecular flexibility index (Phi) is 10.7. The standard InChI is InChI=1S/C37H50N6O8S2/c1-3-30-37(52-30,34(46)40-53(49,50)27-16-17-27)39-32(44)29-19-26-21-43(29)33(45)31(24-12-7-8-13-24)38-35(47)41(2)18-9-5-4-6-11-23-14-10-15-25-20-42(22-28(23)25)36(48)51-26/h3,10,14-15,24,26-27,29-31H,1,4-9,11-13,16-22H2,2H3,(H,38,47)(H,39,44)(H,40,46)/t26-,29+,30+,31+,37+/m1/s1. The molecule has 1 aromatic rings. The average molecular weight is 771 g/mol. The van der Waals surface area contributed by atoms with E-state index in [4.69, 9.17) is 4.74 Å². The third-order valence-electron chi connectivity index (χ3n) is 11.6. The smallest absolute Gasteiger partial charge is 0.410 e. The van der Waals surface area contributed by atoms with Gasteiger partial charge in [0.2, 0.25) is 21.8 Å². The van der Waals surface area contributed by atoms with Crippen molar-refractivity contribution >= 4 is 51.6 Å². The summed E-state index contributed by atoms with van der Waals surface area (Å²) in [4.78, 5) is 72.6. The lowest BCUT2D eigenvalue weighted by atomic mass is 9.96. The Balaban J connectivity index is 1.16. The molecule has 6 aliphatic rings. The van der Waals surface area contributed by atoms with Crippen LogP contribution in [-0.4, -0.2) is 107 Å². The molecule has 0 radical (unpaired) electrons. The molecule has 6 amide bonds. The largest absolute Gasteiger partial charge is 0.444 e. The number of carbonyl (C=O) groups is 5. The van der Waals surface area contributed by atoms with Crippen molar-refractivity contribution in [3.8, 4) is 0 Å². The molecule has 3 N–H and O–H groups in total. The number of aryl methyl sites for hydroxylation is 1. The van der Waals surface area contributed by atoms with Crippen molar-refractivity contribution in [2.45, 2.75) is 124 Å². The predicted molar refractivity (Wildman–Crippen MR) is 198 cm³/mol. The Bertz CT molecular complexity index is 1760. The summed E-state index contributed by atoms with van der Waals surface area (Å²) in [7, 11) is -2.19. The van der Waals surface area contributed by atoms with Crippen LogP contribution in [0.5, 0.6) is 0 Å². The van der Waals surface area contributed by atoms with Crippen LogP contribution in [-0.2, 0) is 48.7 Å². The first-order chi connectivity index (χ1) is 25.4. The van der Waals surface area contributed by atoms with E-state index >= 15 is 0 Å². The fourth-order valence-electron chi connectivity index (χ4n) is 8.31. The summed E-state index contributed by atoms with van der Waals surface area (Å²) in [5.41, 5.74) is 3.40. The van der Waals surface area contributed by atoms with Gasteiger partial charge in [0.15, 0.2) is 4.87 Å². The average Bonchev–Trinajstić information content (AvgIpc) is 3.91. The maximum atomic E-state index is 14.6. The maximum Gasteiger partial charge on any atom is 0.410 e. The number of benzene rings is 1. The van der Waals surface area contributed by atoms with Crippen molar-refractivity contribution in [3.05, 3.63) is 47.5 Å². The van der Waals surface area contributed by atoms with Crippen LogP contribution >= 0.6 is 11.8 Å². The molecule has 16 heteroatoms. The highest BCUT2D eigenvalue weighted by atomic mass is 32.2. The lowest BCUT2D eigenvalue weighted by molar-refractivity contribution is -0.141. The minimum Gasteiger partial charge on any atom is -0.444 e. The van der Waals surface area contributed by atoms with Gasteiger partial charge in [0.05, 0.1) is 17.0 Å². The van der Waals surface area contributed by atoms with Crippen LogP contribution < -0.4 is 15.4 Å². The van der Waals surface area contributed by atoms with E-state index in [0.717, 1.165) is 80.7 Å². The Morgan fingerprint density at radius 3 is 2.47 bits per heavy atom. The highest BCUT2D eigenvalue weighted by molar-refractivity contribution is 8.10. The summed E-state index contributed by atoms with van der Waals surface area (Å²) in [6.45, 7) is 5.01. The van der Waals surface area contributed by atoms with Crippen molar-refractivity contribution in [2.75, 3.05) is 20.1 Å². The summed E-state index contributed by atoms with van der Waals surface area (Å²) < 4.78 is 33.6. The van der Waals surface area contributed by atoms with E-state index in [9.17, 15) is 32.4 Å². The van der Waals surface area contributed by atoms with Gasteiger partial charge in [-0.2, -0.15) is 0 Å². The molecular formula is C37H50N6O8S2. The SMILES string of the molecule is C=C[C@@H]1S[C@]1(NC(=O)[C@@H]1C[C@@H]2CN1C(=O)[C@H](C1CCCC1)NC(=O)N(C)CCCCCCc1cccc3c1CN(C3)C(=O)O2)C(=O)NS(=O)(=O)C1CC1. The fraction of sp³-hybridized carbons (Fsp3) is 0.649. The Labute approximate surface area is 315 Å². The molecule has 5 atom stereocenters.